The van der Waals surface area contributed by atoms with E-state index in [1.807, 2.05) is 60.7 Å². The zero-order valence-electron chi connectivity index (χ0n) is 50.7. The molecule has 1 spiro atoms. The maximum absolute atomic E-state index is 7.45. The maximum atomic E-state index is 7.45. The fourth-order valence-corrected chi connectivity index (χ4v) is 18.2. The van der Waals surface area contributed by atoms with Crippen LogP contribution in [0, 0.1) is 10.8 Å². The molecule has 8 aromatic rings. The molecule has 0 atom stereocenters. The first-order valence-corrected chi connectivity index (χ1v) is 36.6. The minimum atomic E-state index is -1.91. The molecule has 9 heteroatoms. The molecule has 8 bridgehead atoms. The molecule has 8 aliphatic rings. The van der Waals surface area contributed by atoms with Crippen LogP contribution in [0.4, 0.5) is 0 Å². The van der Waals surface area contributed by atoms with Gasteiger partial charge in [0.2, 0.25) is 16.6 Å². The van der Waals surface area contributed by atoms with Crippen LogP contribution >= 0.6 is 0 Å². The zero-order chi connectivity index (χ0) is 58.0. The highest BCUT2D eigenvalue weighted by atomic mass is 28.4. The molecule has 7 nitrogen and oxygen atoms in total. The third-order valence-corrected chi connectivity index (χ3v) is 22.0. The average molecular weight is 1140 g/mol. The highest BCUT2D eigenvalue weighted by Gasteiger charge is 2.55. The first-order chi connectivity index (χ1) is 39.9. The molecule has 0 amide bonds. The van der Waals surface area contributed by atoms with Gasteiger partial charge in [-0.1, -0.05) is 146 Å². The molecule has 16 rings (SSSR count). The van der Waals surface area contributed by atoms with E-state index in [-0.39, 0.29) is 10.8 Å². The number of ether oxygens (including phenoxy) is 5. The Kier molecular flexibility index (Phi) is 16.5. The van der Waals surface area contributed by atoms with Crippen LogP contribution in [-0.2, 0) is 5.41 Å². The van der Waals surface area contributed by atoms with Crippen molar-refractivity contribution in [2.75, 3.05) is 14.2 Å². The van der Waals surface area contributed by atoms with Gasteiger partial charge in [0.05, 0.1) is 14.2 Å². The lowest BCUT2D eigenvalue weighted by atomic mass is 9.52. The van der Waals surface area contributed by atoms with Crippen molar-refractivity contribution in [1.29, 1.82) is 0 Å². The van der Waals surface area contributed by atoms with Crippen LogP contribution in [-0.4, -0.2) is 30.9 Å². The maximum Gasteiger partial charge on any atom is 0.245 e. The third-order valence-electron chi connectivity index (χ3n) is 17.3. The first-order valence-electron chi connectivity index (χ1n) is 30.3. The molecule has 0 N–H and O–H groups in total. The van der Waals surface area contributed by atoms with Gasteiger partial charge in [0.15, 0.2) is 11.5 Å². The highest BCUT2D eigenvalue weighted by molar-refractivity contribution is 6.72. The van der Waals surface area contributed by atoms with Gasteiger partial charge in [-0.3, -0.25) is 0 Å². The van der Waals surface area contributed by atoms with E-state index in [0.29, 0.717) is 23.0 Å². The number of fused-ring (bicyclic) bond motifs is 9. The van der Waals surface area contributed by atoms with E-state index in [2.05, 4.69) is 163 Å². The Balaban J connectivity index is 1.03. The van der Waals surface area contributed by atoms with Gasteiger partial charge >= 0.3 is 0 Å². The normalized spacial score (nSPS) is 18.3. The molecule has 1 fully saturated rings. The number of methoxy groups -OCH3 is 2. The van der Waals surface area contributed by atoms with Gasteiger partial charge in [0.1, 0.15) is 46.0 Å². The Morgan fingerprint density at radius 1 is 0.422 bits per heavy atom. The van der Waals surface area contributed by atoms with Crippen molar-refractivity contribution in [3.05, 3.63) is 180 Å². The van der Waals surface area contributed by atoms with E-state index in [1.165, 1.54) is 84.7 Å². The summed E-state index contributed by atoms with van der Waals surface area (Å²) < 4.78 is 46.1. The summed E-state index contributed by atoms with van der Waals surface area (Å²) in [6, 6.07) is 57.2. The second-order valence-electron chi connectivity index (χ2n) is 26.5. The molecule has 430 valence electrons. The molecule has 6 heterocycles. The summed E-state index contributed by atoms with van der Waals surface area (Å²) >= 11 is 0. The Morgan fingerprint density at radius 3 is 1.36 bits per heavy atom. The third kappa shape index (κ3) is 13.1. The van der Waals surface area contributed by atoms with E-state index in [0.717, 1.165) is 87.7 Å². The Morgan fingerprint density at radius 2 is 0.867 bits per heavy atom. The van der Waals surface area contributed by atoms with Gasteiger partial charge in [-0.05, 0) is 216 Å². The predicted octanol–water partition coefficient (Wildman–Crippen LogP) is 21.9. The van der Waals surface area contributed by atoms with Gasteiger partial charge in [0.25, 0.3) is 0 Å². The summed E-state index contributed by atoms with van der Waals surface area (Å²) in [7, 11) is -0.385. The van der Waals surface area contributed by atoms with Crippen LogP contribution in [0.2, 0.25) is 38.3 Å². The lowest BCUT2D eigenvalue weighted by Crippen LogP contribution is -2.44. The fourth-order valence-electron chi connectivity index (χ4n) is 14.3. The minimum absolute atomic E-state index is 0.00528. The molecule has 2 aliphatic carbocycles. The molecule has 0 unspecified atom stereocenters. The summed E-state index contributed by atoms with van der Waals surface area (Å²) in [6.45, 7) is 19.2. The van der Waals surface area contributed by atoms with Crippen molar-refractivity contribution < 1.29 is 32.5 Å². The summed E-state index contributed by atoms with van der Waals surface area (Å²) in [5, 5.41) is 1.98. The van der Waals surface area contributed by atoms with Gasteiger partial charge in [-0.25, -0.2) is 0 Å². The van der Waals surface area contributed by atoms with E-state index in [9.17, 15) is 0 Å². The zero-order valence-corrected chi connectivity index (χ0v) is 52.7. The molecule has 0 radical (unpaired) electrons. The number of hydrogen-bond donors (Lipinski definition) is 0. The smallest absolute Gasteiger partial charge is 0.245 e. The summed E-state index contributed by atoms with van der Waals surface area (Å²) in [6.07, 6.45) is 17.7. The lowest BCUT2D eigenvalue weighted by molar-refractivity contribution is 0.0645. The monoisotopic (exact) mass is 1140 g/mol. The molecular formula is C74H84O7Si2. The molecule has 83 heavy (non-hydrogen) atoms. The molecular weight excluding hydrogens is 1060 g/mol. The van der Waals surface area contributed by atoms with Gasteiger partial charge in [-0.15, -0.1) is 0 Å². The van der Waals surface area contributed by atoms with Crippen LogP contribution in [0.3, 0.4) is 0 Å². The van der Waals surface area contributed by atoms with Crippen molar-refractivity contribution in [1.82, 2.24) is 0 Å². The summed E-state index contributed by atoms with van der Waals surface area (Å²) in [5.74, 6) is 7.54. The lowest BCUT2D eigenvalue weighted by Gasteiger charge is -2.52. The summed E-state index contributed by atoms with van der Waals surface area (Å²) in [4.78, 5) is 0. The number of benzene rings is 8. The molecule has 1 saturated carbocycles. The van der Waals surface area contributed by atoms with Crippen molar-refractivity contribution in [2.45, 2.75) is 142 Å². The largest absolute Gasteiger partial charge is 0.544 e. The molecule has 6 aliphatic heterocycles. The van der Waals surface area contributed by atoms with Crippen LogP contribution < -0.4 is 32.5 Å². The van der Waals surface area contributed by atoms with Crippen molar-refractivity contribution in [2.24, 2.45) is 10.8 Å². The van der Waals surface area contributed by atoms with E-state index >= 15 is 0 Å². The quantitative estimate of drug-likeness (QED) is 0.163. The Hall–Kier alpha value is -7.21. The topological polar surface area (TPSA) is 64.6 Å². The second kappa shape index (κ2) is 23.8. The van der Waals surface area contributed by atoms with Crippen molar-refractivity contribution >= 4 is 39.6 Å². The van der Waals surface area contributed by atoms with Crippen LogP contribution in [0.5, 0.6) is 57.5 Å². The predicted molar refractivity (Wildman–Crippen MR) is 348 cm³/mol. The fraction of sp³-hybridized carbons (Fsp3) is 0.351. The standard InChI is InChI=1S/C74H84O7Si2/c1-72(2)49-73(3,4)51-74(50-72)66-46-54(53-22-18-17-19-23-53)27-43-62(66)69-64-47-67(75-5)68(76-6)48-65(64)71-63(70(69)74)42-26-52-24-28-55(29-25-52)77-57-34-38-60(39-35-57)80-82(7,8)44-20-15-13-11-12-14-16-21-45-83(9,10)81-61-40-36-58(37-41-61)78-56-30-32-59(79-71)33-31-56/h17-19,22-43,46-48H,11-16,20-21,44-45,49-51H2,1-10H3. The van der Waals surface area contributed by atoms with Crippen LogP contribution in [0.15, 0.2) is 158 Å². The number of rotatable bonds is 3. The first kappa shape index (κ1) is 57.6. The van der Waals surface area contributed by atoms with Gasteiger partial charge < -0.3 is 32.5 Å². The van der Waals surface area contributed by atoms with Crippen LogP contribution in [0.1, 0.15) is 121 Å². The minimum Gasteiger partial charge on any atom is -0.544 e. The van der Waals surface area contributed by atoms with E-state index in [1.54, 1.807) is 14.2 Å². The van der Waals surface area contributed by atoms with E-state index in [4.69, 9.17) is 32.5 Å². The van der Waals surface area contributed by atoms with Gasteiger partial charge in [0, 0.05) is 16.4 Å². The molecule has 0 aromatic heterocycles. The van der Waals surface area contributed by atoms with E-state index < -0.39 is 22.0 Å². The average Bonchev–Trinajstić information content (AvgIpc) is 1.63. The highest BCUT2D eigenvalue weighted by Crippen LogP contribution is 2.67. The van der Waals surface area contributed by atoms with Gasteiger partial charge in [-0.2, -0.15) is 0 Å². The summed E-state index contributed by atoms with van der Waals surface area (Å²) in [5.41, 5.74) is 9.20. The SMILES string of the molecule is COc1cc2c3c(c4c(c2cc1OC)-c1ccc(-c2ccccc2)cc1C41CC(C)(C)CC(C)(C)C1)C=Cc1ccc(cc1)Oc1ccc(cc1)O[Si](C)(C)CCCCCCCCCC[Si](C)(C)Oc1ccc(cc1)Oc1ccc(cc1)O3. The Labute approximate surface area is 496 Å². The molecule has 0 saturated heterocycles. The Bertz CT molecular complexity index is 3570. The second-order valence-corrected chi connectivity index (χ2v) is 34.9. The van der Waals surface area contributed by atoms with Crippen LogP contribution in [0.25, 0.3) is 45.2 Å². The number of hydrogen-bond acceptors (Lipinski definition) is 7. The molecule has 8 aromatic carbocycles. The van der Waals surface area contributed by atoms with Crippen molar-refractivity contribution in [3.63, 3.8) is 0 Å². The van der Waals surface area contributed by atoms with Crippen molar-refractivity contribution in [3.8, 4) is 79.7 Å².